The summed E-state index contributed by atoms with van der Waals surface area (Å²) in [6, 6.07) is 0. The SMILES string of the molecule is CCCC(C)(C)[Si](C)(Cl)C(C)C. The maximum atomic E-state index is 6.68. The lowest BCUT2D eigenvalue weighted by Crippen LogP contribution is -2.39. The Morgan fingerprint density at radius 1 is 1.33 bits per heavy atom. The molecule has 0 rings (SSSR count). The molecule has 0 amide bonds. The van der Waals surface area contributed by atoms with Gasteiger partial charge in [-0.05, 0) is 17.0 Å². The van der Waals surface area contributed by atoms with Crippen LogP contribution in [0.5, 0.6) is 0 Å². The average Bonchev–Trinajstić information content (AvgIpc) is 1.86. The topological polar surface area (TPSA) is 0 Å². The minimum Gasteiger partial charge on any atom is -0.166 e. The third kappa shape index (κ3) is 2.50. The van der Waals surface area contributed by atoms with E-state index in [0.717, 1.165) is 0 Å². The zero-order chi connectivity index (χ0) is 9.99. The first-order valence-corrected chi connectivity index (χ1v) is 8.53. The van der Waals surface area contributed by atoms with Gasteiger partial charge in [0, 0.05) is 0 Å². The van der Waals surface area contributed by atoms with Crippen molar-refractivity contribution in [2.24, 2.45) is 0 Å². The van der Waals surface area contributed by atoms with Crippen LogP contribution in [-0.4, -0.2) is 7.38 Å². The fourth-order valence-electron chi connectivity index (χ4n) is 1.65. The minimum atomic E-state index is -1.56. The van der Waals surface area contributed by atoms with Crippen molar-refractivity contribution in [3.05, 3.63) is 0 Å². The van der Waals surface area contributed by atoms with Gasteiger partial charge in [-0.3, -0.25) is 0 Å². The summed E-state index contributed by atoms with van der Waals surface area (Å²) in [5, 5.41) is 0.372. The second-order valence-electron chi connectivity index (χ2n) is 4.86. The molecule has 0 saturated carbocycles. The van der Waals surface area contributed by atoms with Crippen molar-refractivity contribution < 1.29 is 0 Å². The molecule has 0 aromatic rings. The molecule has 0 aliphatic heterocycles. The van der Waals surface area contributed by atoms with Crippen molar-refractivity contribution in [1.82, 2.24) is 0 Å². The second-order valence-corrected chi connectivity index (χ2v) is 11.9. The first-order valence-electron chi connectivity index (χ1n) is 4.94. The van der Waals surface area contributed by atoms with Crippen LogP contribution >= 0.6 is 11.1 Å². The standard InChI is InChI=1S/C10H23ClSi/c1-7-8-10(4,5)12(6,11)9(2)3/h9H,7-8H2,1-6H3. The predicted octanol–water partition coefficient (Wildman–Crippen LogP) is 4.79. The number of hydrogen-bond acceptors (Lipinski definition) is 0. The van der Waals surface area contributed by atoms with Crippen LogP contribution in [0.15, 0.2) is 0 Å². The van der Waals surface area contributed by atoms with E-state index >= 15 is 0 Å². The van der Waals surface area contributed by atoms with Crippen LogP contribution in [-0.2, 0) is 0 Å². The Morgan fingerprint density at radius 2 is 1.75 bits per heavy atom. The van der Waals surface area contributed by atoms with E-state index in [9.17, 15) is 0 Å². The first-order chi connectivity index (χ1) is 5.25. The van der Waals surface area contributed by atoms with Crippen LogP contribution in [0.2, 0.25) is 17.1 Å². The Bertz CT molecular complexity index is 139. The Balaban J connectivity index is 4.50. The number of rotatable bonds is 4. The first kappa shape index (κ1) is 12.5. The van der Waals surface area contributed by atoms with Crippen LogP contribution in [0.25, 0.3) is 0 Å². The molecule has 0 N–H and O–H groups in total. The molecule has 0 fully saturated rings. The molecule has 0 aliphatic rings. The van der Waals surface area contributed by atoms with Gasteiger partial charge in [-0.15, -0.1) is 0 Å². The molecule has 0 aromatic carbocycles. The molecule has 0 spiro atoms. The van der Waals surface area contributed by atoms with E-state index in [1.807, 2.05) is 0 Å². The summed E-state index contributed by atoms with van der Waals surface area (Å²) in [6.07, 6.45) is 2.51. The second kappa shape index (κ2) is 4.14. The lowest BCUT2D eigenvalue weighted by molar-refractivity contribution is 0.570. The molecule has 0 bridgehead atoms. The van der Waals surface area contributed by atoms with Crippen molar-refractivity contribution in [3.63, 3.8) is 0 Å². The summed E-state index contributed by atoms with van der Waals surface area (Å²) >= 11 is 6.68. The number of hydrogen-bond donors (Lipinski definition) is 0. The fraction of sp³-hybridized carbons (Fsp3) is 1.00. The van der Waals surface area contributed by atoms with Crippen LogP contribution in [0.3, 0.4) is 0 Å². The van der Waals surface area contributed by atoms with Gasteiger partial charge in [-0.1, -0.05) is 47.6 Å². The summed E-state index contributed by atoms with van der Waals surface area (Å²) in [5.41, 5.74) is 0.667. The molecular weight excluding hydrogens is 184 g/mol. The van der Waals surface area contributed by atoms with E-state index in [-0.39, 0.29) is 0 Å². The summed E-state index contributed by atoms with van der Waals surface area (Å²) in [4.78, 5) is 0. The molecule has 0 aromatic heterocycles. The van der Waals surface area contributed by atoms with Gasteiger partial charge in [0.2, 0.25) is 0 Å². The molecule has 1 unspecified atom stereocenters. The van der Waals surface area contributed by atoms with Crippen molar-refractivity contribution in [2.45, 2.75) is 64.6 Å². The zero-order valence-electron chi connectivity index (χ0n) is 9.37. The van der Waals surface area contributed by atoms with Crippen molar-refractivity contribution in [3.8, 4) is 0 Å². The van der Waals surface area contributed by atoms with Gasteiger partial charge in [-0.25, -0.2) is 0 Å². The van der Waals surface area contributed by atoms with E-state index in [0.29, 0.717) is 10.6 Å². The van der Waals surface area contributed by atoms with Gasteiger partial charge in [-0.2, -0.15) is 11.1 Å². The maximum absolute atomic E-state index is 6.68. The highest BCUT2D eigenvalue weighted by Gasteiger charge is 2.43. The van der Waals surface area contributed by atoms with Crippen molar-refractivity contribution >= 4 is 18.5 Å². The molecule has 0 saturated heterocycles. The lowest BCUT2D eigenvalue weighted by atomic mass is 10.1. The highest BCUT2D eigenvalue weighted by atomic mass is 35.6. The van der Waals surface area contributed by atoms with Crippen LogP contribution in [0.4, 0.5) is 0 Å². The molecule has 2 heteroatoms. The Kier molecular flexibility index (Phi) is 4.32. The van der Waals surface area contributed by atoms with E-state index in [4.69, 9.17) is 11.1 Å². The molecule has 74 valence electrons. The third-order valence-corrected chi connectivity index (χ3v) is 11.2. The summed E-state index contributed by atoms with van der Waals surface area (Å²) in [7, 11) is -1.56. The zero-order valence-corrected chi connectivity index (χ0v) is 11.1. The maximum Gasteiger partial charge on any atom is 0.161 e. The van der Waals surface area contributed by atoms with Gasteiger partial charge in [0.15, 0.2) is 7.38 Å². The molecule has 0 radical (unpaired) electrons. The van der Waals surface area contributed by atoms with Gasteiger partial charge in [0.25, 0.3) is 0 Å². The van der Waals surface area contributed by atoms with Crippen molar-refractivity contribution in [2.75, 3.05) is 0 Å². The van der Waals surface area contributed by atoms with Gasteiger partial charge >= 0.3 is 0 Å². The van der Waals surface area contributed by atoms with E-state index in [1.165, 1.54) is 12.8 Å². The molecule has 12 heavy (non-hydrogen) atoms. The summed E-state index contributed by atoms with van der Waals surface area (Å²) < 4.78 is 0. The highest BCUT2D eigenvalue weighted by molar-refractivity contribution is 7.21. The highest BCUT2D eigenvalue weighted by Crippen LogP contribution is 2.49. The smallest absolute Gasteiger partial charge is 0.161 e. The normalized spacial score (nSPS) is 18.0. The third-order valence-electron chi connectivity index (χ3n) is 3.28. The number of halogens is 1. The fourth-order valence-corrected chi connectivity index (χ4v) is 4.24. The predicted molar refractivity (Wildman–Crippen MR) is 61.5 cm³/mol. The largest absolute Gasteiger partial charge is 0.166 e. The monoisotopic (exact) mass is 206 g/mol. The van der Waals surface area contributed by atoms with Gasteiger partial charge in [0.05, 0.1) is 0 Å². The molecule has 0 aliphatic carbocycles. The van der Waals surface area contributed by atoms with Gasteiger partial charge < -0.3 is 0 Å². The molecule has 0 heterocycles. The van der Waals surface area contributed by atoms with E-state index < -0.39 is 7.38 Å². The van der Waals surface area contributed by atoms with Crippen molar-refractivity contribution in [1.29, 1.82) is 0 Å². The average molecular weight is 207 g/mol. The Labute approximate surface area is 83.4 Å². The summed E-state index contributed by atoms with van der Waals surface area (Å²) in [5.74, 6) is 0. The van der Waals surface area contributed by atoms with E-state index in [1.54, 1.807) is 0 Å². The quantitative estimate of drug-likeness (QED) is 0.458. The molecule has 0 nitrogen and oxygen atoms in total. The molecular formula is C10H23ClSi. The van der Waals surface area contributed by atoms with Crippen LogP contribution in [0, 0.1) is 0 Å². The van der Waals surface area contributed by atoms with Crippen LogP contribution < -0.4 is 0 Å². The minimum absolute atomic E-state index is 0.372. The van der Waals surface area contributed by atoms with E-state index in [2.05, 4.69) is 41.2 Å². The Morgan fingerprint density at radius 3 is 2.00 bits per heavy atom. The lowest BCUT2D eigenvalue weighted by Gasteiger charge is -2.40. The summed E-state index contributed by atoms with van der Waals surface area (Å²) in [6.45, 7) is 13.7. The molecule has 1 atom stereocenters. The Hall–Kier alpha value is 0.507. The van der Waals surface area contributed by atoms with Crippen LogP contribution in [0.1, 0.15) is 47.5 Å². The van der Waals surface area contributed by atoms with Gasteiger partial charge in [0.1, 0.15) is 0 Å².